The van der Waals surface area contributed by atoms with Crippen LogP contribution in [0.2, 0.25) is 0 Å². The van der Waals surface area contributed by atoms with E-state index >= 15 is 0 Å². The fraction of sp³-hybridized carbons (Fsp3) is 0. The molecule has 40 heavy (non-hydrogen) atoms. The molecule has 0 N–H and O–H groups in total. The highest BCUT2D eigenvalue weighted by molar-refractivity contribution is 6.13. The molecule has 0 aliphatic carbocycles. The number of nitrogens with zero attached hydrogens (tertiary/aromatic N) is 3. The van der Waals surface area contributed by atoms with E-state index in [1.807, 2.05) is 30.4 Å². The molecule has 0 amide bonds. The van der Waals surface area contributed by atoms with Gasteiger partial charge in [-0.25, -0.2) is 4.98 Å². The summed E-state index contributed by atoms with van der Waals surface area (Å²) in [5.41, 5.74) is 9.40. The Morgan fingerprint density at radius 1 is 0.650 bits per heavy atom. The van der Waals surface area contributed by atoms with Gasteiger partial charge in [0.2, 0.25) is 0 Å². The molecule has 3 aromatic heterocycles. The molecule has 0 spiro atoms. The Hall–Kier alpha value is -5.41. The van der Waals surface area contributed by atoms with Crippen LogP contribution < -0.4 is 0 Å². The summed E-state index contributed by atoms with van der Waals surface area (Å²) in [5.74, 6) is 0. The van der Waals surface area contributed by atoms with Gasteiger partial charge in [0.1, 0.15) is 0 Å². The second-order valence-electron chi connectivity index (χ2n) is 9.83. The second kappa shape index (κ2) is 9.72. The van der Waals surface area contributed by atoms with Gasteiger partial charge in [-0.15, -0.1) is 0 Å². The van der Waals surface area contributed by atoms with E-state index in [9.17, 15) is 0 Å². The van der Waals surface area contributed by atoms with E-state index in [2.05, 4.69) is 126 Å². The summed E-state index contributed by atoms with van der Waals surface area (Å²) < 4.78 is 4.62. The fourth-order valence-corrected chi connectivity index (χ4v) is 5.62. The quantitative estimate of drug-likeness (QED) is 0.203. The Morgan fingerprint density at radius 2 is 1.40 bits per heavy atom. The lowest BCUT2D eigenvalue weighted by Crippen LogP contribution is -2.00. The number of aromatic nitrogens is 3. The SMILES string of the molecule is C=CC=C(C=C)c1cc(-n2c3ccccc3c3cc4ccn(-c5ccccc5)c4cc32)cc(-c2ccccc2)n1. The maximum atomic E-state index is 5.05. The molecule has 0 radical (unpaired) electrons. The molecule has 3 heterocycles. The fourth-order valence-electron chi connectivity index (χ4n) is 5.62. The zero-order valence-corrected chi connectivity index (χ0v) is 22.0. The van der Waals surface area contributed by atoms with Crippen molar-refractivity contribution in [1.82, 2.24) is 14.1 Å². The van der Waals surface area contributed by atoms with E-state index in [-0.39, 0.29) is 0 Å². The molecule has 0 fully saturated rings. The van der Waals surface area contributed by atoms with Crippen LogP contribution in [0.4, 0.5) is 0 Å². The van der Waals surface area contributed by atoms with Crippen molar-refractivity contribution >= 4 is 38.3 Å². The maximum Gasteiger partial charge on any atom is 0.0730 e. The number of benzene rings is 4. The molecular weight excluding hydrogens is 486 g/mol. The first kappa shape index (κ1) is 23.7. The molecule has 0 saturated carbocycles. The Kier molecular flexibility index (Phi) is 5.76. The largest absolute Gasteiger partial charge is 0.316 e. The first-order chi connectivity index (χ1) is 19.7. The number of fused-ring (bicyclic) bond motifs is 4. The maximum absolute atomic E-state index is 5.05. The van der Waals surface area contributed by atoms with Crippen molar-refractivity contribution in [3.63, 3.8) is 0 Å². The summed E-state index contributed by atoms with van der Waals surface area (Å²) in [7, 11) is 0. The smallest absolute Gasteiger partial charge is 0.0730 e. The molecule has 0 aliphatic heterocycles. The molecule has 0 atom stereocenters. The summed E-state index contributed by atoms with van der Waals surface area (Å²) in [6.45, 7) is 7.96. The van der Waals surface area contributed by atoms with E-state index in [1.165, 1.54) is 21.7 Å². The molecule has 0 bridgehead atoms. The Labute approximate surface area is 233 Å². The van der Waals surface area contributed by atoms with Crippen LogP contribution in [0.1, 0.15) is 5.69 Å². The van der Waals surface area contributed by atoms with Crippen LogP contribution in [0.15, 0.2) is 153 Å². The summed E-state index contributed by atoms with van der Waals surface area (Å²) in [4.78, 5) is 5.05. The average Bonchev–Trinajstić information content (AvgIpc) is 3.58. The normalized spacial score (nSPS) is 11.8. The lowest BCUT2D eigenvalue weighted by Gasteiger charge is -2.14. The van der Waals surface area contributed by atoms with E-state index in [0.717, 1.165) is 44.9 Å². The van der Waals surface area contributed by atoms with Crippen molar-refractivity contribution in [3.8, 4) is 22.6 Å². The molecule has 0 unspecified atom stereocenters. The monoisotopic (exact) mass is 513 g/mol. The second-order valence-corrected chi connectivity index (χ2v) is 9.83. The standard InChI is InChI=1S/C37H27N3/c1-3-13-26(4-2)33-23-30(24-34(38-33)27-14-7-5-8-15-27)40-35-19-12-11-18-31(35)32-22-28-20-21-39(36(28)25-37(32)40)29-16-9-6-10-17-29/h3-25H,1-2H2. The van der Waals surface area contributed by atoms with Crippen molar-refractivity contribution in [3.05, 3.63) is 159 Å². The topological polar surface area (TPSA) is 22.8 Å². The highest BCUT2D eigenvalue weighted by Gasteiger charge is 2.17. The van der Waals surface area contributed by atoms with Crippen LogP contribution in [0.25, 0.3) is 60.9 Å². The van der Waals surface area contributed by atoms with Gasteiger partial charge in [0.15, 0.2) is 0 Å². The highest BCUT2D eigenvalue weighted by Crippen LogP contribution is 2.37. The Bertz CT molecular complexity index is 2070. The molecule has 190 valence electrons. The third-order valence-electron chi connectivity index (χ3n) is 7.47. The molecule has 7 rings (SSSR count). The number of hydrogen-bond donors (Lipinski definition) is 0. The van der Waals surface area contributed by atoms with Gasteiger partial charge in [-0.2, -0.15) is 0 Å². The third-order valence-corrected chi connectivity index (χ3v) is 7.47. The minimum atomic E-state index is 0.853. The molecule has 3 heteroatoms. The predicted octanol–water partition coefficient (Wildman–Crippen LogP) is 9.54. The lowest BCUT2D eigenvalue weighted by atomic mass is 10.1. The van der Waals surface area contributed by atoms with Crippen LogP contribution in [0, 0.1) is 0 Å². The minimum absolute atomic E-state index is 0.853. The number of allylic oxidation sites excluding steroid dienone is 4. The number of para-hydroxylation sites is 2. The Morgan fingerprint density at radius 3 is 2.17 bits per heavy atom. The number of rotatable bonds is 6. The molecule has 3 nitrogen and oxygen atoms in total. The van der Waals surface area contributed by atoms with Gasteiger partial charge in [0.05, 0.1) is 33.6 Å². The average molecular weight is 514 g/mol. The van der Waals surface area contributed by atoms with Crippen molar-refractivity contribution in [2.45, 2.75) is 0 Å². The first-order valence-electron chi connectivity index (χ1n) is 13.4. The molecular formula is C37H27N3. The van der Waals surface area contributed by atoms with Gasteiger partial charge in [-0.05, 0) is 54.1 Å². The van der Waals surface area contributed by atoms with Crippen molar-refractivity contribution < 1.29 is 0 Å². The van der Waals surface area contributed by atoms with E-state index in [4.69, 9.17) is 4.98 Å². The Balaban J connectivity index is 1.57. The summed E-state index contributed by atoms with van der Waals surface area (Å²) in [6.07, 6.45) is 7.73. The summed E-state index contributed by atoms with van der Waals surface area (Å²) in [6, 6.07) is 40.6. The number of hydrogen-bond acceptors (Lipinski definition) is 1. The van der Waals surface area contributed by atoms with E-state index in [0.29, 0.717) is 0 Å². The lowest BCUT2D eigenvalue weighted by molar-refractivity contribution is 1.12. The minimum Gasteiger partial charge on any atom is -0.316 e. The van der Waals surface area contributed by atoms with Gasteiger partial charge < -0.3 is 9.13 Å². The zero-order valence-electron chi connectivity index (χ0n) is 22.0. The van der Waals surface area contributed by atoms with Gasteiger partial charge in [0.25, 0.3) is 0 Å². The van der Waals surface area contributed by atoms with Gasteiger partial charge in [-0.1, -0.05) is 98.1 Å². The molecule has 0 aliphatic rings. The zero-order chi connectivity index (χ0) is 27.1. The van der Waals surface area contributed by atoms with Crippen LogP contribution in [0.5, 0.6) is 0 Å². The van der Waals surface area contributed by atoms with E-state index < -0.39 is 0 Å². The summed E-state index contributed by atoms with van der Waals surface area (Å²) >= 11 is 0. The van der Waals surface area contributed by atoms with Crippen molar-refractivity contribution in [2.24, 2.45) is 0 Å². The number of pyridine rings is 1. The van der Waals surface area contributed by atoms with Crippen LogP contribution >= 0.6 is 0 Å². The predicted molar refractivity (Wildman–Crippen MR) is 169 cm³/mol. The summed E-state index contributed by atoms with van der Waals surface area (Å²) in [5, 5.41) is 3.65. The molecule has 0 saturated heterocycles. The van der Waals surface area contributed by atoms with Gasteiger partial charge in [-0.3, -0.25) is 0 Å². The van der Waals surface area contributed by atoms with Gasteiger partial charge >= 0.3 is 0 Å². The van der Waals surface area contributed by atoms with Crippen LogP contribution in [-0.4, -0.2) is 14.1 Å². The van der Waals surface area contributed by atoms with Crippen molar-refractivity contribution in [1.29, 1.82) is 0 Å². The molecule has 4 aromatic carbocycles. The van der Waals surface area contributed by atoms with Gasteiger partial charge in [0, 0.05) is 33.6 Å². The third kappa shape index (κ3) is 3.88. The molecule has 7 aromatic rings. The van der Waals surface area contributed by atoms with Crippen LogP contribution in [-0.2, 0) is 0 Å². The highest BCUT2D eigenvalue weighted by atomic mass is 15.0. The van der Waals surface area contributed by atoms with E-state index in [1.54, 1.807) is 6.08 Å². The van der Waals surface area contributed by atoms with Crippen LogP contribution in [0.3, 0.4) is 0 Å². The first-order valence-corrected chi connectivity index (χ1v) is 13.4. The van der Waals surface area contributed by atoms with Crippen molar-refractivity contribution in [2.75, 3.05) is 0 Å².